The average Bonchev–Trinajstić information content (AvgIpc) is 2.37. The summed E-state index contributed by atoms with van der Waals surface area (Å²) in [6.07, 6.45) is 9.32. The predicted molar refractivity (Wildman–Crippen MR) is 87.8 cm³/mol. The van der Waals surface area contributed by atoms with Crippen molar-refractivity contribution in [3.63, 3.8) is 0 Å². The molecule has 3 heteroatoms. The van der Waals surface area contributed by atoms with Gasteiger partial charge in [0.05, 0.1) is 5.70 Å². The minimum atomic E-state index is -0.169. The van der Waals surface area contributed by atoms with E-state index in [4.69, 9.17) is 5.11 Å². The summed E-state index contributed by atoms with van der Waals surface area (Å²) in [6.45, 7) is 15.1. The summed E-state index contributed by atoms with van der Waals surface area (Å²) in [5.41, 5.74) is 3.17. The Morgan fingerprint density at radius 2 is 1.90 bits per heavy atom. The number of rotatable bonds is 1. The lowest BCUT2D eigenvalue weighted by Crippen LogP contribution is -2.41. The highest BCUT2D eigenvalue weighted by molar-refractivity contribution is 5.40. The lowest BCUT2D eigenvalue weighted by molar-refractivity contribution is -0.621. The van der Waals surface area contributed by atoms with Gasteiger partial charge >= 0.3 is 0 Å². The van der Waals surface area contributed by atoms with Gasteiger partial charge in [-0.05, 0) is 31.1 Å². The van der Waals surface area contributed by atoms with Crippen molar-refractivity contribution in [2.24, 2.45) is 15.9 Å². The summed E-state index contributed by atoms with van der Waals surface area (Å²) in [5, 5.41) is 4.79. The molecule has 0 aromatic heterocycles. The number of fused-ring (bicyclic) bond motifs is 1. The fourth-order valence-corrected chi connectivity index (χ4v) is 2.60. The molecule has 0 bridgehead atoms. The van der Waals surface area contributed by atoms with E-state index in [1.54, 1.807) is 0 Å². The molecule has 0 spiro atoms. The van der Waals surface area contributed by atoms with Crippen molar-refractivity contribution in [3.8, 4) is 0 Å². The quantitative estimate of drug-likeness (QED) is 0.519. The molecule has 0 saturated heterocycles. The Hall–Kier alpha value is -1.64. The van der Waals surface area contributed by atoms with Gasteiger partial charge in [0.25, 0.3) is 6.17 Å². The third-order valence-electron chi connectivity index (χ3n) is 4.73. The van der Waals surface area contributed by atoms with E-state index >= 15 is 0 Å². The fourth-order valence-electron chi connectivity index (χ4n) is 2.60. The molecule has 114 valence electrons. The molecule has 2 aliphatic rings. The van der Waals surface area contributed by atoms with Gasteiger partial charge in [-0.1, -0.05) is 38.2 Å². The first-order chi connectivity index (χ1) is 9.56. The number of azo groups is 2. The molecule has 21 heavy (non-hydrogen) atoms. The number of hydrogen-bond donors (Lipinski definition) is 0. The number of nitrogens with zero attached hydrogens (tertiary/aromatic N) is 3. The van der Waals surface area contributed by atoms with E-state index in [2.05, 4.69) is 77.4 Å². The third-order valence-corrected chi connectivity index (χ3v) is 4.73. The van der Waals surface area contributed by atoms with Crippen LogP contribution in [0.15, 0.2) is 53.0 Å². The molecule has 1 heterocycles. The van der Waals surface area contributed by atoms with Gasteiger partial charge in [0.2, 0.25) is 0 Å². The Bertz CT molecular complexity index is 590. The van der Waals surface area contributed by atoms with Crippen molar-refractivity contribution in [1.29, 1.82) is 0 Å². The summed E-state index contributed by atoms with van der Waals surface area (Å²) >= 11 is 0. The maximum atomic E-state index is 4.79. The lowest BCUT2D eigenvalue weighted by atomic mass is 9.77. The summed E-state index contributed by atoms with van der Waals surface area (Å²) in [5.74, 6) is 0. The normalized spacial score (nSPS) is 31.5. The number of allylic oxidation sites excluding steroid dienone is 5. The zero-order valence-corrected chi connectivity index (χ0v) is 14.4. The van der Waals surface area contributed by atoms with Crippen molar-refractivity contribution >= 4 is 0 Å². The molecule has 2 rings (SSSR count). The molecule has 0 saturated carbocycles. The van der Waals surface area contributed by atoms with Crippen LogP contribution in [0, 0.1) is 10.8 Å². The topological polar surface area (TPSA) is 18.6 Å². The lowest BCUT2D eigenvalue weighted by Gasteiger charge is -2.34. The van der Waals surface area contributed by atoms with Crippen LogP contribution in [-0.4, -0.2) is 29.9 Å². The Labute approximate surface area is 129 Å². The van der Waals surface area contributed by atoms with Gasteiger partial charge in [-0.2, -0.15) is 0 Å². The molecular weight excluding hydrogens is 258 g/mol. The largest absolute Gasteiger partial charge is 0.314 e. The molecule has 0 N–H and O–H groups in total. The van der Waals surface area contributed by atoms with Crippen molar-refractivity contribution in [3.05, 3.63) is 47.9 Å². The Morgan fingerprint density at radius 1 is 1.29 bits per heavy atom. The predicted octanol–water partition coefficient (Wildman–Crippen LogP) is 4.32. The summed E-state index contributed by atoms with van der Waals surface area (Å²) in [7, 11) is 4.16. The molecule has 0 aromatic rings. The first-order valence-corrected chi connectivity index (χ1v) is 7.55. The van der Waals surface area contributed by atoms with Crippen LogP contribution in [0.25, 0.3) is 0 Å². The highest BCUT2D eigenvalue weighted by atomic mass is 15.4. The molecule has 2 unspecified atom stereocenters. The maximum absolute atomic E-state index is 4.79. The monoisotopic (exact) mass is 286 g/mol. The Kier molecular flexibility index (Phi) is 3.73. The third kappa shape index (κ3) is 2.87. The minimum absolute atomic E-state index is 0.00896. The van der Waals surface area contributed by atoms with Crippen LogP contribution in [0.5, 0.6) is 0 Å². The summed E-state index contributed by atoms with van der Waals surface area (Å²) < 4.78 is 2.01. The van der Waals surface area contributed by atoms with Crippen LogP contribution < -0.4 is 0 Å². The van der Waals surface area contributed by atoms with Crippen LogP contribution in [0.4, 0.5) is 0 Å². The van der Waals surface area contributed by atoms with Crippen LogP contribution in [0.2, 0.25) is 0 Å². The van der Waals surface area contributed by atoms with Gasteiger partial charge in [0, 0.05) is 24.8 Å². The van der Waals surface area contributed by atoms with Crippen LogP contribution in [-0.2, 0) is 0 Å². The molecule has 2 atom stereocenters. The summed E-state index contributed by atoms with van der Waals surface area (Å²) in [4.78, 5) is 2.29. The zero-order valence-electron chi connectivity index (χ0n) is 14.4. The zero-order chi connectivity index (χ0) is 16.0. The van der Waals surface area contributed by atoms with Crippen LogP contribution >= 0.6 is 0 Å². The highest BCUT2D eigenvalue weighted by Crippen LogP contribution is 2.39. The second kappa shape index (κ2) is 4.97. The molecule has 0 amide bonds. The van der Waals surface area contributed by atoms with Gasteiger partial charge in [0.15, 0.2) is 12.7 Å². The highest BCUT2D eigenvalue weighted by Gasteiger charge is 2.34. The molecular formula is C18H28N3+. The average molecular weight is 286 g/mol. The Morgan fingerprint density at radius 3 is 2.48 bits per heavy atom. The first-order valence-electron chi connectivity index (χ1n) is 7.55. The molecule has 3 nitrogen and oxygen atoms in total. The van der Waals surface area contributed by atoms with Gasteiger partial charge in [-0.25, -0.2) is 0 Å². The maximum Gasteiger partial charge on any atom is 0.250 e. The van der Waals surface area contributed by atoms with E-state index < -0.39 is 0 Å². The Balaban J connectivity index is 2.72. The van der Waals surface area contributed by atoms with E-state index in [9.17, 15) is 0 Å². The van der Waals surface area contributed by atoms with Crippen LogP contribution in [0.3, 0.4) is 0 Å². The summed E-state index contributed by atoms with van der Waals surface area (Å²) in [6, 6.07) is 0. The SMILES string of the molecule is C=C(C)C1(C)C=CC(C)(C)C=C2C(=C1)N=[N+](C)C(C)N2C. The van der Waals surface area contributed by atoms with Crippen molar-refractivity contribution in [2.75, 3.05) is 14.1 Å². The van der Waals surface area contributed by atoms with E-state index in [1.807, 2.05) is 11.7 Å². The van der Waals surface area contributed by atoms with Gasteiger partial charge in [0.1, 0.15) is 0 Å². The van der Waals surface area contributed by atoms with Gasteiger partial charge in [-0.3, -0.25) is 0 Å². The first kappa shape index (κ1) is 15.7. The van der Waals surface area contributed by atoms with E-state index in [-0.39, 0.29) is 17.0 Å². The molecule has 0 aromatic carbocycles. The number of likely N-dealkylation sites (N-methyl/N-ethyl adjacent to an activating group) is 1. The van der Waals surface area contributed by atoms with Crippen molar-refractivity contribution in [2.45, 2.75) is 40.8 Å². The minimum Gasteiger partial charge on any atom is -0.314 e. The smallest absolute Gasteiger partial charge is 0.250 e. The molecule has 1 aliphatic heterocycles. The fraction of sp³-hybridized carbons (Fsp3) is 0.556. The standard InChI is InChI=1S/C18H28N3/c1-13(2)18(6)10-9-17(4,5)12-16-15(11-18)19-21(8)14(3)20(16)7/h9-12,14H,1H2,2-8H3/q+1. The van der Waals surface area contributed by atoms with E-state index in [1.165, 1.54) is 5.70 Å². The second-order valence-electron chi connectivity index (χ2n) is 7.19. The second-order valence-corrected chi connectivity index (χ2v) is 7.19. The van der Waals surface area contributed by atoms with Gasteiger partial charge in [-0.15, -0.1) is 4.70 Å². The van der Waals surface area contributed by atoms with Crippen molar-refractivity contribution < 1.29 is 4.70 Å². The van der Waals surface area contributed by atoms with E-state index in [0.29, 0.717) is 0 Å². The molecule has 1 aliphatic carbocycles. The van der Waals surface area contributed by atoms with Crippen molar-refractivity contribution in [1.82, 2.24) is 4.90 Å². The van der Waals surface area contributed by atoms with E-state index in [0.717, 1.165) is 11.3 Å². The molecule has 0 radical (unpaired) electrons. The molecule has 0 fully saturated rings. The van der Waals surface area contributed by atoms with Gasteiger partial charge < -0.3 is 4.90 Å². The van der Waals surface area contributed by atoms with Crippen LogP contribution in [0.1, 0.15) is 34.6 Å². The number of hydrogen-bond acceptors (Lipinski definition) is 2.